The Hall–Kier alpha value is -5.06. The maximum atomic E-state index is 15.4. The predicted octanol–water partition coefficient (Wildman–Crippen LogP) is 3.55. The number of aliphatic hydroxyl groups excluding tert-OH is 2. The van der Waals surface area contributed by atoms with Gasteiger partial charge in [-0.2, -0.15) is 9.97 Å². The Morgan fingerprint density at radius 2 is 1.63 bits per heavy atom. The molecule has 0 aliphatic carbocycles. The molecule has 4 atom stereocenters. The number of aromatic nitrogens is 4. The smallest absolute Gasteiger partial charge is 0.264 e. The van der Waals surface area contributed by atoms with Crippen LogP contribution < -0.4 is 14.8 Å². The normalized spacial score (nSPS) is 22.8. The lowest BCUT2D eigenvalue weighted by atomic mass is 9.77. The number of benzene rings is 3. The second-order valence-electron chi connectivity index (χ2n) is 10.7. The van der Waals surface area contributed by atoms with E-state index < -0.39 is 35.9 Å². The number of rotatable bonds is 10. The van der Waals surface area contributed by atoms with E-state index in [2.05, 4.69) is 15.3 Å². The van der Waals surface area contributed by atoms with Gasteiger partial charge in [0, 0.05) is 0 Å². The molecular formula is C34H32FN5O6. The number of imidazole rings is 1. The topological polar surface area (TPSA) is 144 Å². The second kappa shape index (κ2) is 12.0. The molecule has 1 saturated heterocycles. The molecule has 11 nitrogen and oxygen atoms in total. The van der Waals surface area contributed by atoms with Gasteiger partial charge in [-0.05, 0) is 35.7 Å². The second-order valence-corrected chi connectivity index (χ2v) is 10.7. The SMILES string of the molecule is C#C[C@]1(O)[C@H](n2cnc3c(OCC)nc(NC(c4ccccc4)(c4ccccc4)c4ccc(OC)cc4)nc32)O[C@](F)(CO)[C@H]1O. The Labute approximate surface area is 264 Å². The van der Waals surface area contributed by atoms with Gasteiger partial charge in [-0.1, -0.05) is 78.7 Å². The molecule has 0 radical (unpaired) electrons. The minimum atomic E-state index is -3.05. The maximum Gasteiger partial charge on any atom is 0.264 e. The molecule has 1 aliphatic rings. The molecule has 1 aliphatic heterocycles. The zero-order valence-electron chi connectivity index (χ0n) is 25.0. The molecule has 0 spiro atoms. The number of nitrogens with one attached hydrogen (secondary N) is 1. The number of anilines is 1. The first-order valence-corrected chi connectivity index (χ1v) is 14.5. The van der Waals surface area contributed by atoms with Crippen LogP contribution in [0.2, 0.25) is 0 Å². The van der Waals surface area contributed by atoms with Gasteiger partial charge in [0.2, 0.25) is 17.4 Å². The third kappa shape index (κ3) is 4.90. The first kappa shape index (κ1) is 30.9. The molecule has 12 heteroatoms. The van der Waals surface area contributed by atoms with Crippen LogP contribution in [0.25, 0.3) is 11.2 Å². The number of hydrogen-bond acceptors (Lipinski definition) is 10. The van der Waals surface area contributed by atoms with Crippen molar-refractivity contribution in [2.24, 2.45) is 0 Å². The van der Waals surface area contributed by atoms with Gasteiger partial charge < -0.3 is 34.8 Å². The van der Waals surface area contributed by atoms with Crippen molar-refractivity contribution in [2.75, 3.05) is 25.6 Å². The molecule has 3 heterocycles. The third-order valence-electron chi connectivity index (χ3n) is 8.12. The standard InChI is InChI=1S/C34H32FN5O6/c1-4-32(43)29(42)33(35,20-41)46-30(32)40-21-36-26-27(40)37-31(38-28(26)45-5-2)39-34(22-12-8-6-9-13-22,23-14-10-7-11-15-23)24-16-18-25(44-3)19-17-24/h1,6-19,21,29-30,41-43H,5,20H2,2-3H3,(H,37,38,39)/t29-,30+,32+,33+/m0/s1. The fourth-order valence-corrected chi connectivity index (χ4v) is 5.80. The van der Waals surface area contributed by atoms with E-state index in [9.17, 15) is 15.3 Å². The maximum absolute atomic E-state index is 15.4. The first-order valence-electron chi connectivity index (χ1n) is 14.5. The van der Waals surface area contributed by atoms with E-state index >= 15 is 4.39 Å². The van der Waals surface area contributed by atoms with E-state index in [1.54, 1.807) is 14.0 Å². The molecule has 236 valence electrons. The number of terminal acetylenes is 1. The molecule has 4 N–H and O–H groups in total. The number of methoxy groups -OCH3 is 1. The highest BCUT2D eigenvalue weighted by Crippen LogP contribution is 2.46. The van der Waals surface area contributed by atoms with Crippen LogP contribution in [0.5, 0.6) is 11.6 Å². The van der Waals surface area contributed by atoms with E-state index in [0.29, 0.717) is 5.75 Å². The summed E-state index contributed by atoms with van der Waals surface area (Å²) >= 11 is 0. The number of halogens is 1. The summed E-state index contributed by atoms with van der Waals surface area (Å²) in [7, 11) is 1.60. The molecular weight excluding hydrogens is 593 g/mol. The van der Waals surface area contributed by atoms with E-state index in [1.807, 2.05) is 90.8 Å². The van der Waals surface area contributed by atoms with Crippen LogP contribution in [0, 0.1) is 12.3 Å². The van der Waals surface area contributed by atoms with Gasteiger partial charge in [0.05, 0.1) is 20.0 Å². The zero-order chi connectivity index (χ0) is 32.5. The number of alkyl halides is 1. The number of ether oxygens (including phenoxy) is 3. The summed E-state index contributed by atoms with van der Waals surface area (Å²) in [5.41, 5.74) is -0.891. The van der Waals surface area contributed by atoms with Gasteiger partial charge in [0.1, 0.15) is 17.9 Å². The van der Waals surface area contributed by atoms with Crippen molar-refractivity contribution in [1.82, 2.24) is 19.5 Å². The monoisotopic (exact) mass is 625 g/mol. The minimum absolute atomic E-state index is 0.0544. The Morgan fingerprint density at radius 1 is 1.02 bits per heavy atom. The van der Waals surface area contributed by atoms with E-state index in [0.717, 1.165) is 16.7 Å². The van der Waals surface area contributed by atoms with E-state index in [-0.39, 0.29) is 29.6 Å². The molecule has 0 bridgehead atoms. The quantitative estimate of drug-likeness (QED) is 0.134. The van der Waals surface area contributed by atoms with Gasteiger partial charge >= 0.3 is 0 Å². The van der Waals surface area contributed by atoms with Crippen molar-refractivity contribution in [3.05, 3.63) is 108 Å². The largest absolute Gasteiger partial charge is 0.497 e. The van der Waals surface area contributed by atoms with Gasteiger partial charge in [0.15, 0.2) is 23.5 Å². The van der Waals surface area contributed by atoms with Crippen LogP contribution in [0.15, 0.2) is 91.3 Å². The molecule has 0 amide bonds. The average Bonchev–Trinajstić information content (AvgIpc) is 3.61. The number of hydrogen-bond donors (Lipinski definition) is 4. The summed E-state index contributed by atoms with van der Waals surface area (Å²) in [5, 5.41) is 35.1. The van der Waals surface area contributed by atoms with Gasteiger partial charge in [-0.3, -0.25) is 4.57 Å². The van der Waals surface area contributed by atoms with Crippen molar-refractivity contribution in [3.63, 3.8) is 0 Å². The lowest BCUT2D eigenvalue weighted by Gasteiger charge is -2.37. The molecule has 5 aromatic rings. The van der Waals surface area contributed by atoms with Crippen LogP contribution in [-0.2, 0) is 10.3 Å². The van der Waals surface area contributed by atoms with Gasteiger partial charge in [-0.15, -0.1) is 6.42 Å². The summed E-state index contributed by atoms with van der Waals surface area (Å²) in [4.78, 5) is 13.8. The fourth-order valence-electron chi connectivity index (χ4n) is 5.80. The molecule has 6 rings (SSSR count). The van der Waals surface area contributed by atoms with E-state index in [4.69, 9.17) is 25.6 Å². The van der Waals surface area contributed by atoms with Crippen LogP contribution in [0.1, 0.15) is 29.8 Å². The lowest BCUT2D eigenvalue weighted by Crippen LogP contribution is -2.49. The highest BCUT2D eigenvalue weighted by Gasteiger charge is 2.65. The van der Waals surface area contributed by atoms with Crippen LogP contribution in [0.3, 0.4) is 0 Å². The Balaban J connectivity index is 1.59. The Morgan fingerprint density at radius 3 is 2.17 bits per heavy atom. The molecule has 0 saturated carbocycles. The summed E-state index contributed by atoms with van der Waals surface area (Å²) in [6.45, 7) is 0.746. The van der Waals surface area contributed by atoms with Crippen molar-refractivity contribution in [1.29, 1.82) is 0 Å². The Kier molecular flexibility index (Phi) is 8.10. The van der Waals surface area contributed by atoms with Crippen molar-refractivity contribution < 1.29 is 33.9 Å². The Bertz CT molecular complexity index is 1830. The third-order valence-corrected chi connectivity index (χ3v) is 8.12. The van der Waals surface area contributed by atoms with Crippen molar-refractivity contribution >= 4 is 17.1 Å². The summed E-state index contributed by atoms with van der Waals surface area (Å²) in [6.07, 6.45) is 2.80. The molecule has 1 fully saturated rings. The highest BCUT2D eigenvalue weighted by molar-refractivity contribution is 5.78. The van der Waals surface area contributed by atoms with Crippen LogP contribution in [-0.4, -0.2) is 72.7 Å². The highest BCUT2D eigenvalue weighted by atomic mass is 19.2. The summed E-state index contributed by atoms with van der Waals surface area (Å²) < 4.78 is 33.2. The molecule has 46 heavy (non-hydrogen) atoms. The number of fused-ring (bicyclic) bond motifs is 1. The van der Waals surface area contributed by atoms with Crippen molar-refractivity contribution in [2.45, 2.75) is 36.3 Å². The van der Waals surface area contributed by atoms with Crippen molar-refractivity contribution in [3.8, 4) is 24.0 Å². The zero-order valence-corrected chi connectivity index (χ0v) is 25.0. The summed E-state index contributed by atoms with van der Waals surface area (Å²) in [5.74, 6) is -0.177. The summed E-state index contributed by atoms with van der Waals surface area (Å²) in [6, 6.07) is 27.1. The fraction of sp³-hybridized carbons (Fsp3) is 0.265. The predicted molar refractivity (Wildman–Crippen MR) is 167 cm³/mol. The molecule has 2 aromatic heterocycles. The van der Waals surface area contributed by atoms with Gasteiger partial charge in [-0.25, -0.2) is 9.37 Å². The lowest BCUT2D eigenvalue weighted by molar-refractivity contribution is -0.206. The minimum Gasteiger partial charge on any atom is -0.497 e. The first-order chi connectivity index (χ1) is 22.2. The van der Waals surface area contributed by atoms with Crippen LogP contribution in [0.4, 0.5) is 10.3 Å². The average molecular weight is 626 g/mol. The van der Waals surface area contributed by atoms with E-state index in [1.165, 1.54) is 10.9 Å². The molecule has 0 unspecified atom stereocenters. The van der Waals surface area contributed by atoms with Gasteiger partial charge in [0.25, 0.3) is 5.85 Å². The number of nitrogens with zero attached hydrogens (tertiary/aromatic N) is 4. The van der Waals surface area contributed by atoms with Crippen LogP contribution >= 0.6 is 0 Å². The molecule has 3 aromatic carbocycles. The number of aliphatic hydroxyl groups is 3.